The first-order chi connectivity index (χ1) is 6.53. The van der Waals surface area contributed by atoms with Crippen LogP contribution in [0.3, 0.4) is 0 Å². The van der Waals surface area contributed by atoms with E-state index in [0.717, 1.165) is 6.54 Å². The van der Waals surface area contributed by atoms with Crippen molar-refractivity contribution in [2.24, 2.45) is 5.73 Å². The molecule has 1 unspecified atom stereocenters. The number of rotatable bonds is 4. The van der Waals surface area contributed by atoms with Gasteiger partial charge in [0, 0.05) is 8.07 Å². The van der Waals surface area contributed by atoms with Crippen molar-refractivity contribution >= 4 is 8.07 Å². The van der Waals surface area contributed by atoms with E-state index < -0.39 is 8.07 Å². The molecule has 2 heteroatoms. The molecule has 1 aromatic rings. The summed E-state index contributed by atoms with van der Waals surface area (Å²) in [4.78, 5) is 0. The fourth-order valence-electron chi connectivity index (χ4n) is 1.80. The van der Waals surface area contributed by atoms with Crippen molar-refractivity contribution < 1.29 is 0 Å². The Morgan fingerprint density at radius 3 is 2.14 bits per heavy atom. The van der Waals surface area contributed by atoms with Gasteiger partial charge in [0.1, 0.15) is 0 Å². The van der Waals surface area contributed by atoms with Crippen LogP contribution in [0.5, 0.6) is 0 Å². The fourth-order valence-corrected chi connectivity index (χ4v) is 3.68. The van der Waals surface area contributed by atoms with Gasteiger partial charge in [0.25, 0.3) is 0 Å². The molecule has 0 aliphatic carbocycles. The molecule has 0 bridgehead atoms. The predicted octanol–water partition coefficient (Wildman–Crippen LogP) is 3.07. The van der Waals surface area contributed by atoms with Gasteiger partial charge in [0.15, 0.2) is 0 Å². The average molecular weight is 207 g/mol. The molecule has 0 saturated carbocycles. The zero-order chi connectivity index (χ0) is 10.6. The van der Waals surface area contributed by atoms with Gasteiger partial charge in [-0.2, -0.15) is 0 Å². The van der Waals surface area contributed by atoms with Gasteiger partial charge in [-0.3, -0.25) is 0 Å². The van der Waals surface area contributed by atoms with Crippen molar-refractivity contribution in [1.29, 1.82) is 0 Å². The molecular formula is C12H21NSi. The molecule has 1 atom stereocenters. The van der Waals surface area contributed by atoms with Gasteiger partial charge < -0.3 is 5.73 Å². The van der Waals surface area contributed by atoms with Gasteiger partial charge in [-0.1, -0.05) is 50.0 Å². The minimum atomic E-state index is -1.00. The third-order valence-electron chi connectivity index (χ3n) is 2.41. The number of nitrogens with two attached hydrogens (primary N) is 1. The number of benzene rings is 1. The van der Waals surface area contributed by atoms with Crippen molar-refractivity contribution in [3.63, 3.8) is 0 Å². The Bertz CT molecular complexity index is 263. The molecule has 1 rings (SSSR count). The normalized spacial score (nSPS) is 14.0. The van der Waals surface area contributed by atoms with Crippen LogP contribution in [0, 0.1) is 0 Å². The van der Waals surface area contributed by atoms with Gasteiger partial charge in [-0.05, 0) is 24.1 Å². The van der Waals surface area contributed by atoms with E-state index in [1.165, 1.54) is 11.6 Å². The van der Waals surface area contributed by atoms with Gasteiger partial charge in [0.05, 0.1) is 0 Å². The standard InChI is InChI=1S/C12H21NSi/c1-14(2,3)10-12(9-13)11-7-5-4-6-8-11/h4-8,12H,9-10,13H2,1-3H3. The van der Waals surface area contributed by atoms with Crippen LogP contribution in [0.15, 0.2) is 30.3 Å². The maximum Gasteiger partial charge on any atom is 0.0449 e. The lowest BCUT2D eigenvalue weighted by Crippen LogP contribution is -2.26. The lowest BCUT2D eigenvalue weighted by molar-refractivity contribution is 0.760. The third kappa shape index (κ3) is 3.64. The molecule has 0 heterocycles. The smallest absolute Gasteiger partial charge is 0.0449 e. The van der Waals surface area contributed by atoms with Gasteiger partial charge in [-0.15, -0.1) is 0 Å². The molecule has 1 nitrogen and oxygen atoms in total. The molecule has 78 valence electrons. The first kappa shape index (κ1) is 11.5. The van der Waals surface area contributed by atoms with E-state index in [-0.39, 0.29) is 0 Å². The monoisotopic (exact) mass is 207 g/mol. The van der Waals surface area contributed by atoms with Crippen LogP contribution in [0.1, 0.15) is 11.5 Å². The minimum Gasteiger partial charge on any atom is -0.330 e. The van der Waals surface area contributed by atoms with E-state index in [1.807, 2.05) is 0 Å². The number of hydrogen-bond acceptors (Lipinski definition) is 1. The molecule has 14 heavy (non-hydrogen) atoms. The highest BCUT2D eigenvalue weighted by molar-refractivity contribution is 6.76. The molecule has 0 amide bonds. The molecule has 0 radical (unpaired) electrons. The molecule has 0 saturated heterocycles. The molecular weight excluding hydrogens is 186 g/mol. The summed E-state index contributed by atoms with van der Waals surface area (Å²) in [6, 6.07) is 11.9. The lowest BCUT2D eigenvalue weighted by Gasteiger charge is -2.23. The summed E-state index contributed by atoms with van der Waals surface area (Å²) in [5.41, 5.74) is 7.23. The molecule has 0 aromatic heterocycles. The van der Waals surface area contributed by atoms with Crippen LogP contribution >= 0.6 is 0 Å². The van der Waals surface area contributed by atoms with Crippen LogP contribution in [0.25, 0.3) is 0 Å². The molecule has 0 aliphatic heterocycles. The van der Waals surface area contributed by atoms with Crippen LogP contribution in [0.2, 0.25) is 25.7 Å². The maximum atomic E-state index is 5.83. The molecule has 0 aliphatic rings. The zero-order valence-corrected chi connectivity index (χ0v) is 10.5. The molecule has 0 fully saturated rings. The second-order valence-corrected chi connectivity index (χ2v) is 10.6. The van der Waals surface area contributed by atoms with Crippen LogP contribution in [0.4, 0.5) is 0 Å². The third-order valence-corrected chi connectivity index (χ3v) is 4.13. The summed E-state index contributed by atoms with van der Waals surface area (Å²) in [5.74, 6) is 0.558. The van der Waals surface area contributed by atoms with E-state index in [2.05, 4.69) is 50.0 Å². The van der Waals surface area contributed by atoms with Crippen LogP contribution < -0.4 is 5.73 Å². The maximum absolute atomic E-state index is 5.83. The largest absolute Gasteiger partial charge is 0.330 e. The van der Waals surface area contributed by atoms with Gasteiger partial charge in [-0.25, -0.2) is 0 Å². The highest BCUT2D eigenvalue weighted by Crippen LogP contribution is 2.25. The topological polar surface area (TPSA) is 26.0 Å². The first-order valence-electron chi connectivity index (χ1n) is 5.28. The Morgan fingerprint density at radius 2 is 1.71 bits per heavy atom. The highest BCUT2D eigenvalue weighted by Gasteiger charge is 2.20. The zero-order valence-electron chi connectivity index (χ0n) is 9.46. The molecule has 0 spiro atoms. The van der Waals surface area contributed by atoms with Crippen molar-refractivity contribution in [3.8, 4) is 0 Å². The highest BCUT2D eigenvalue weighted by atomic mass is 28.3. The first-order valence-corrected chi connectivity index (χ1v) is 8.98. The molecule has 1 aromatic carbocycles. The van der Waals surface area contributed by atoms with Gasteiger partial charge >= 0.3 is 0 Å². The Morgan fingerprint density at radius 1 is 1.14 bits per heavy atom. The second kappa shape index (κ2) is 4.76. The average Bonchev–Trinajstić information content (AvgIpc) is 2.14. The van der Waals surface area contributed by atoms with E-state index in [1.54, 1.807) is 0 Å². The number of hydrogen-bond donors (Lipinski definition) is 1. The Kier molecular flexibility index (Phi) is 3.90. The molecule has 2 N–H and O–H groups in total. The Labute approximate surface area is 88.3 Å². The lowest BCUT2D eigenvalue weighted by atomic mass is 10.0. The summed E-state index contributed by atoms with van der Waals surface area (Å²) in [7, 11) is -1.00. The predicted molar refractivity (Wildman–Crippen MR) is 66.4 cm³/mol. The minimum absolute atomic E-state index is 0.558. The van der Waals surface area contributed by atoms with E-state index >= 15 is 0 Å². The van der Waals surface area contributed by atoms with Crippen LogP contribution in [-0.2, 0) is 0 Å². The Balaban J connectivity index is 2.73. The van der Waals surface area contributed by atoms with Crippen molar-refractivity contribution in [1.82, 2.24) is 0 Å². The summed E-state index contributed by atoms with van der Waals surface area (Å²) in [5, 5.41) is 0. The van der Waals surface area contributed by atoms with Crippen molar-refractivity contribution in [2.45, 2.75) is 31.6 Å². The summed E-state index contributed by atoms with van der Waals surface area (Å²) < 4.78 is 0. The van der Waals surface area contributed by atoms with E-state index in [9.17, 15) is 0 Å². The van der Waals surface area contributed by atoms with Crippen molar-refractivity contribution in [3.05, 3.63) is 35.9 Å². The summed E-state index contributed by atoms with van der Waals surface area (Å²) in [6.07, 6.45) is 0. The van der Waals surface area contributed by atoms with E-state index in [4.69, 9.17) is 5.73 Å². The SMILES string of the molecule is C[Si](C)(C)CC(CN)c1ccccc1. The summed E-state index contributed by atoms with van der Waals surface area (Å²) in [6.45, 7) is 7.98. The van der Waals surface area contributed by atoms with Crippen molar-refractivity contribution in [2.75, 3.05) is 6.54 Å². The van der Waals surface area contributed by atoms with Crippen LogP contribution in [-0.4, -0.2) is 14.6 Å². The Hall–Kier alpha value is -0.603. The quantitative estimate of drug-likeness (QED) is 0.755. The van der Waals surface area contributed by atoms with E-state index in [0.29, 0.717) is 5.92 Å². The summed E-state index contributed by atoms with van der Waals surface area (Å²) >= 11 is 0. The fraction of sp³-hybridized carbons (Fsp3) is 0.500. The van der Waals surface area contributed by atoms with Gasteiger partial charge in [0.2, 0.25) is 0 Å². The second-order valence-electron chi connectivity index (χ2n) is 5.11.